The van der Waals surface area contributed by atoms with Crippen molar-refractivity contribution in [2.24, 2.45) is 13.0 Å². The van der Waals surface area contributed by atoms with Gasteiger partial charge in [-0.3, -0.25) is 9.59 Å². The maximum Gasteiger partial charge on any atom is 0.289 e. The van der Waals surface area contributed by atoms with Crippen molar-refractivity contribution in [1.29, 1.82) is 0 Å². The van der Waals surface area contributed by atoms with Crippen molar-refractivity contribution in [2.75, 3.05) is 26.2 Å². The van der Waals surface area contributed by atoms with Crippen LogP contribution in [-0.2, 0) is 18.3 Å². The van der Waals surface area contributed by atoms with Crippen molar-refractivity contribution in [3.05, 3.63) is 78.1 Å². The number of benzene rings is 2. The molecule has 2 aromatic carbocycles. The second-order valence-electron chi connectivity index (χ2n) is 8.11. The van der Waals surface area contributed by atoms with Crippen molar-refractivity contribution in [2.45, 2.75) is 13.3 Å². The number of hydrogen-bond donors (Lipinski definition) is 0. The van der Waals surface area contributed by atoms with E-state index >= 15 is 0 Å². The maximum absolute atomic E-state index is 14.1. The molecule has 0 saturated carbocycles. The van der Waals surface area contributed by atoms with Crippen LogP contribution in [0.3, 0.4) is 0 Å². The van der Waals surface area contributed by atoms with Gasteiger partial charge in [-0.1, -0.05) is 42.5 Å². The van der Waals surface area contributed by atoms with Gasteiger partial charge in [-0.2, -0.15) is 0 Å². The summed E-state index contributed by atoms with van der Waals surface area (Å²) in [4.78, 5) is 33.9. The molecule has 1 aliphatic heterocycles. The second kappa shape index (κ2) is 9.34. The molecule has 2 heterocycles. The zero-order chi connectivity index (χ0) is 22.7. The van der Waals surface area contributed by atoms with Crippen molar-refractivity contribution in [1.82, 2.24) is 19.4 Å². The van der Waals surface area contributed by atoms with E-state index in [9.17, 15) is 14.0 Å². The third-order valence-electron chi connectivity index (χ3n) is 6.04. The number of likely N-dealkylation sites (N-methyl/N-ethyl adjacent to an activating group) is 1. The molecule has 1 aliphatic rings. The fourth-order valence-electron chi connectivity index (χ4n) is 4.21. The van der Waals surface area contributed by atoms with Gasteiger partial charge in [-0.25, -0.2) is 9.37 Å². The van der Waals surface area contributed by atoms with Gasteiger partial charge in [-0.05, 0) is 30.5 Å². The van der Waals surface area contributed by atoms with Crippen LogP contribution in [0.4, 0.5) is 4.39 Å². The summed E-state index contributed by atoms with van der Waals surface area (Å²) in [6, 6.07) is 14.3. The third kappa shape index (κ3) is 4.42. The quantitative estimate of drug-likeness (QED) is 0.619. The van der Waals surface area contributed by atoms with Crippen LogP contribution in [0.15, 0.2) is 60.9 Å². The first-order chi connectivity index (χ1) is 15.5. The van der Waals surface area contributed by atoms with Crippen LogP contribution in [0, 0.1) is 11.7 Å². The molecule has 1 aromatic heterocycles. The Bertz CT molecular complexity index is 1110. The molecule has 32 heavy (non-hydrogen) atoms. The minimum absolute atomic E-state index is 0.0563. The van der Waals surface area contributed by atoms with Crippen LogP contribution in [0.5, 0.6) is 0 Å². The molecule has 1 atom stereocenters. The van der Waals surface area contributed by atoms with Gasteiger partial charge < -0.3 is 14.4 Å². The maximum atomic E-state index is 14.1. The number of rotatable bonds is 5. The normalized spacial score (nSPS) is 16.8. The topological polar surface area (TPSA) is 58.4 Å². The summed E-state index contributed by atoms with van der Waals surface area (Å²) in [5.41, 5.74) is 2.32. The Labute approximate surface area is 187 Å². The molecule has 0 N–H and O–H groups in total. The van der Waals surface area contributed by atoms with Crippen molar-refractivity contribution < 1.29 is 14.0 Å². The van der Waals surface area contributed by atoms with E-state index in [-0.39, 0.29) is 23.5 Å². The molecule has 1 saturated heterocycles. The highest BCUT2D eigenvalue weighted by molar-refractivity contribution is 5.91. The molecule has 1 unspecified atom stereocenters. The largest absolute Gasteiger partial charge is 0.341 e. The van der Waals surface area contributed by atoms with Crippen molar-refractivity contribution in [3.63, 3.8) is 0 Å². The van der Waals surface area contributed by atoms with Gasteiger partial charge in [0.2, 0.25) is 5.91 Å². The van der Waals surface area contributed by atoms with Gasteiger partial charge in [0.05, 0.1) is 5.92 Å². The lowest BCUT2D eigenvalue weighted by Gasteiger charge is -2.23. The second-order valence-corrected chi connectivity index (χ2v) is 8.11. The lowest BCUT2D eigenvalue weighted by Crippen LogP contribution is -2.38. The number of carbonyl (C=O) groups is 2. The zero-order valence-corrected chi connectivity index (χ0v) is 18.4. The van der Waals surface area contributed by atoms with Crippen LogP contribution >= 0.6 is 0 Å². The van der Waals surface area contributed by atoms with E-state index in [0.717, 1.165) is 11.1 Å². The third-order valence-corrected chi connectivity index (χ3v) is 6.04. The van der Waals surface area contributed by atoms with Crippen LogP contribution in [-0.4, -0.2) is 57.3 Å². The molecule has 4 rings (SSSR count). The van der Waals surface area contributed by atoms with E-state index in [4.69, 9.17) is 0 Å². The minimum Gasteiger partial charge on any atom is -0.341 e. The van der Waals surface area contributed by atoms with Crippen LogP contribution in [0.25, 0.3) is 11.1 Å². The summed E-state index contributed by atoms with van der Waals surface area (Å²) in [7, 11) is 1.79. The van der Waals surface area contributed by atoms with Crippen molar-refractivity contribution in [3.8, 4) is 11.1 Å². The predicted octanol–water partition coefficient (Wildman–Crippen LogP) is 3.39. The summed E-state index contributed by atoms with van der Waals surface area (Å²) >= 11 is 0. The van der Waals surface area contributed by atoms with Gasteiger partial charge in [0.25, 0.3) is 5.91 Å². The molecule has 0 spiro atoms. The molecular weight excluding hydrogens is 407 g/mol. The van der Waals surface area contributed by atoms with Gasteiger partial charge in [0.15, 0.2) is 5.82 Å². The first kappa shape index (κ1) is 21.7. The number of hydrogen-bond acceptors (Lipinski definition) is 3. The molecule has 1 fully saturated rings. The van der Waals surface area contributed by atoms with Crippen molar-refractivity contribution >= 4 is 11.8 Å². The first-order valence-corrected chi connectivity index (χ1v) is 10.9. The minimum atomic E-state index is -0.346. The number of aromatic nitrogens is 2. The summed E-state index contributed by atoms with van der Waals surface area (Å²) in [6.45, 7) is 3.89. The number of amides is 2. The summed E-state index contributed by atoms with van der Waals surface area (Å²) in [5, 5.41) is 0. The molecule has 2 amide bonds. The Balaban J connectivity index is 1.54. The average molecular weight is 435 g/mol. The van der Waals surface area contributed by atoms with Gasteiger partial charge in [-0.15, -0.1) is 0 Å². The lowest BCUT2D eigenvalue weighted by atomic mass is 9.95. The SMILES string of the molecule is CCN1CCN(C(=O)c2nccn2C)CC(Cc2ccc(-c3ccccc3F)cc2)C1=O. The fraction of sp³-hybridized carbons (Fsp3) is 0.320. The Morgan fingerprint density at radius 1 is 1.12 bits per heavy atom. The molecular formula is C25H27FN4O2. The number of halogens is 1. The highest BCUT2D eigenvalue weighted by atomic mass is 19.1. The standard InChI is InChI=1S/C25H27FN4O2/c1-3-29-14-15-30(25(32)23-27-12-13-28(23)2)17-20(24(29)31)16-18-8-10-19(11-9-18)21-6-4-5-7-22(21)26/h4-13,20H,3,14-17H2,1-2H3. The molecule has 6 nitrogen and oxygen atoms in total. The Morgan fingerprint density at radius 2 is 1.88 bits per heavy atom. The number of nitrogens with zero attached hydrogens (tertiary/aromatic N) is 4. The van der Waals surface area contributed by atoms with E-state index < -0.39 is 0 Å². The van der Waals surface area contributed by atoms with Gasteiger partial charge in [0.1, 0.15) is 5.82 Å². The summed E-state index contributed by atoms with van der Waals surface area (Å²) < 4.78 is 15.8. The highest BCUT2D eigenvalue weighted by Gasteiger charge is 2.33. The average Bonchev–Trinajstić information content (AvgIpc) is 3.17. The summed E-state index contributed by atoms with van der Waals surface area (Å²) in [6.07, 6.45) is 3.85. The number of aryl methyl sites for hydroxylation is 1. The van der Waals surface area contributed by atoms with E-state index in [2.05, 4.69) is 4.98 Å². The number of imidazole rings is 1. The molecule has 0 bridgehead atoms. The van der Waals surface area contributed by atoms with E-state index in [1.54, 1.807) is 41.0 Å². The zero-order valence-electron chi connectivity index (χ0n) is 18.4. The Hall–Kier alpha value is -3.48. The molecule has 0 radical (unpaired) electrons. The number of carbonyl (C=O) groups excluding carboxylic acids is 2. The summed E-state index contributed by atoms with van der Waals surface area (Å²) in [5.74, 6) is -0.346. The molecule has 166 valence electrons. The first-order valence-electron chi connectivity index (χ1n) is 10.9. The Morgan fingerprint density at radius 3 is 2.53 bits per heavy atom. The predicted molar refractivity (Wildman–Crippen MR) is 120 cm³/mol. The lowest BCUT2D eigenvalue weighted by molar-refractivity contribution is -0.134. The van der Waals surface area contributed by atoms with Gasteiger partial charge in [0, 0.05) is 51.2 Å². The smallest absolute Gasteiger partial charge is 0.289 e. The van der Waals surface area contributed by atoms with Crippen LogP contribution in [0.2, 0.25) is 0 Å². The van der Waals surface area contributed by atoms with Crippen LogP contribution in [0.1, 0.15) is 23.1 Å². The van der Waals surface area contributed by atoms with Gasteiger partial charge >= 0.3 is 0 Å². The van der Waals surface area contributed by atoms with E-state index in [0.29, 0.717) is 44.0 Å². The van der Waals surface area contributed by atoms with E-state index in [1.807, 2.05) is 42.2 Å². The Kier molecular flexibility index (Phi) is 6.35. The molecule has 0 aliphatic carbocycles. The molecule has 7 heteroatoms. The fourth-order valence-corrected chi connectivity index (χ4v) is 4.21. The van der Waals surface area contributed by atoms with Crippen LogP contribution < -0.4 is 0 Å². The monoisotopic (exact) mass is 434 g/mol. The highest BCUT2D eigenvalue weighted by Crippen LogP contribution is 2.24. The van der Waals surface area contributed by atoms with E-state index in [1.165, 1.54) is 6.07 Å². The molecule has 3 aromatic rings.